The molecule has 0 spiro atoms. The average molecular weight is 293 g/mol. The number of hydrogen-bond acceptors (Lipinski definition) is 4. The number of nitrogens with one attached hydrogen (secondary N) is 1. The Labute approximate surface area is 128 Å². The van der Waals surface area contributed by atoms with E-state index in [1.807, 2.05) is 6.20 Å². The van der Waals surface area contributed by atoms with Crippen LogP contribution in [0.1, 0.15) is 51.3 Å². The SMILES string of the molecule is CCCn1ccnc1CC(NN)C1(N(C)C)CCCCC1. The highest BCUT2D eigenvalue weighted by Crippen LogP contribution is 2.36. The molecule has 1 unspecified atom stereocenters. The van der Waals surface area contributed by atoms with Gasteiger partial charge in [-0.3, -0.25) is 11.3 Å². The van der Waals surface area contributed by atoms with Crippen molar-refractivity contribution in [3.8, 4) is 0 Å². The molecule has 0 saturated heterocycles. The number of imidazole rings is 1. The van der Waals surface area contributed by atoms with Crippen LogP contribution in [0.4, 0.5) is 0 Å². The van der Waals surface area contributed by atoms with Gasteiger partial charge in [-0.2, -0.15) is 0 Å². The Morgan fingerprint density at radius 1 is 1.38 bits per heavy atom. The molecule has 1 fully saturated rings. The lowest BCUT2D eigenvalue weighted by Gasteiger charge is -2.48. The lowest BCUT2D eigenvalue weighted by atomic mass is 9.74. The van der Waals surface area contributed by atoms with E-state index in [9.17, 15) is 0 Å². The Morgan fingerprint density at radius 2 is 2.10 bits per heavy atom. The van der Waals surface area contributed by atoms with Gasteiger partial charge in [0.25, 0.3) is 0 Å². The van der Waals surface area contributed by atoms with E-state index in [0.717, 1.165) is 25.2 Å². The van der Waals surface area contributed by atoms with Gasteiger partial charge in [-0.25, -0.2) is 4.98 Å². The first-order valence-electron chi connectivity index (χ1n) is 8.27. The van der Waals surface area contributed by atoms with Gasteiger partial charge in [0.15, 0.2) is 0 Å². The maximum atomic E-state index is 5.95. The van der Waals surface area contributed by atoms with E-state index >= 15 is 0 Å². The van der Waals surface area contributed by atoms with E-state index in [1.165, 1.54) is 32.1 Å². The van der Waals surface area contributed by atoms with Crippen molar-refractivity contribution in [2.75, 3.05) is 14.1 Å². The molecule has 1 aliphatic carbocycles. The van der Waals surface area contributed by atoms with E-state index in [-0.39, 0.29) is 11.6 Å². The molecule has 3 N–H and O–H groups in total. The van der Waals surface area contributed by atoms with Crippen molar-refractivity contribution >= 4 is 0 Å². The molecular formula is C16H31N5. The monoisotopic (exact) mass is 293 g/mol. The molecule has 1 saturated carbocycles. The summed E-state index contributed by atoms with van der Waals surface area (Å²) >= 11 is 0. The molecule has 0 bridgehead atoms. The molecule has 1 aromatic heterocycles. The van der Waals surface area contributed by atoms with Gasteiger partial charge in [0.1, 0.15) is 5.82 Å². The second kappa shape index (κ2) is 7.38. The molecule has 5 heteroatoms. The van der Waals surface area contributed by atoms with Gasteiger partial charge in [-0.1, -0.05) is 26.2 Å². The van der Waals surface area contributed by atoms with Crippen LogP contribution in [0.3, 0.4) is 0 Å². The Kier molecular flexibility index (Phi) is 5.79. The fraction of sp³-hybridized carbons (Fsp3) is 0.812. The molecule has 0 amide bonds. The first kappa shape index (κ1) is 16.5. The van der Waals surface area contributed by atoms with Crippen LogP contribution in [-0.2, 0) is 13.0 Å². The zero-order chi connectivity index (χ0) is 15.3. The largest absolute Gasteiger partial charge is 0.335 e. The second-order valence-corrected chi connectivity index (χ2v) is 6.52. The molecule has 21 heavy (non-hydrogen) atoms. The highest BCUT2D eigenvalue weighted by Gasteiger charge is 2.41. The number of nitrogens with two attached hydrogens (primary N) is 1. The summed E-state index contributed by atoms with van der Waals surface area (Å²) in [7, 11) is 4.38. The molecule has 5 nitrogen and oxygen atoms in total. The van der Waals surface area contributed by atoms with Gasteiger partial charge in [0, 0.05) is 36.9 Å². The summed E-state index contributed by atoms with van der Waals surface area (Å²) in [5.74, 6) is 7.10. The Bertz CT molecular complexity index is 420. The highest BCUT2D eigenvalue weighted by atomic mass is 15.3. The number of hydrazine groups is 1. The molecule has 2 rings (SSSR count). The summed E-state index contributed by atoms with van der Waals surface area (Å²) in [6, 6.07) is 0.241. The smallest absolute Gasteiger partial charge is 0.110 e. The van der Waals surface area contributed by atoms with Crippen molar-refractivity contribution < 1.29 is 0 Å². The van der Waals surface area contributed by atoms with Gasteiger partial charge in [0.05, 0.1) is 0 Å². The minimum atomic E-state index is 0.149. The summed E-state index contributed by atoms with van der Waals surface area (Å²) in [5.41, 5.74) is 3.26. The van der Waals surface area contributed by atoms with E-state index < -0.39 is 0 Å². The molecule has 0 radical (unpaired) electrons. The summed E-state index contributed by atoms with van der Waals surface area (Å²) < 4.78 is 2.26. The molecule has 1 heterocycles. The normalized spacial score (nSPS) is 19.9. The molecule has 120 valence electrons. The van der Waals surface area contributed by atoms with Gasteiger partial charge < -0.3 is 9.47 Å². The number of likely N-dealkylation sites (N-methyl/N-ethyl adjacent to an activating group) is 1. The van der Waals surface area contributed by atoms with E-state index in [4.69, 9.17) is 5.84 Å². The number of aromatic nitrogens is 2. The standard InChI is InChI=1S/C16H31N5/c1-4-11-21-12-10-18-15(21)13-14(19-17)16(20(2)3)8-6-5-7-9-16/h10,12,14,19H,4-9,11,13,17H2,1-3H3. The van der Waals surface area contributed by atoms with Crippen LogP contribution in [0.2, 0.25) is 0 Å². The minimum absolute atomic E-state index is 0.149. The lowest BCUT2D eigenvalue weighted by Crippen LogP contribution is -2.62. The van der Waals surface area contributed by atoms with Crippen LogP contribution in [0.5, 0.6) is 0 Å². The minimum Gasteiger partial charge on any atom is -0.335 e. The molecular weight excluding hydrogens is 262 g/mol. The molecule has 1 atom stereocenters. The van der Waals surface area contributed by atoms with Crippen LogP contribution in [0, 0.1) is 0 Å². The van der Waals surface area contributed by atoms with E-state index in [2.05, 4.69) is 47.1 Å². The first-order valence-corrected chi connectivity index (χ1v) is 8.27. The third kappa shape index (κ3) is 3.47. The van der Waals surface area contributed by atoms with Crippen LogP contribution in [-0.4, -0.2) is 40.1 Å². The Morgan fingerprint density at radius 3 is 2.67 bits per heavy atom. The van der Waals surface area contributed by atoms with Crippen molar-refractivity contribution in [2.45, 2.75) is 70.0 Å². The van der Waals surface area contributed by atoms with E-state index in [1.54, 1.807) is 0 Å². The molecule has 0 aliphatic heterocycles. The Hall–Kier alpha value is -0.910. The van der Waals surface area contributed by atoms with Gasteiger partial charge in [-0.05, 0) is 33.4 Å². The van der Waals surface area contributed by atoms with E-state index in [0.29, 0.717) is 0 Å². The van der Waals surface area contributed by atoms with Crippen LogP contribution < -0.4 is 11.3 Å². The fourth-order valence-electron chi connectivity index (χ4n) is 3.83. The summed E-state index contributed by atoms with van der Waals surface area (Å²) in [6.07, 6.45) is 12.4. The third-order valence-corrected chi connectivity index (χ3v) is 5.11. The zero-order valence-electron chi connectivity index (χ0n) is 13.8. The predicted molar refractivity (Wildman–Crippen MR) is 86.8 cm³/mol. The van der Waals surface area contributed by atoms with Gasteiger partial charge in [-0.15, -0.1) is 0 Å². The lowest BCUT2D eigenvalue weighted by molar-refractivity contribution is 0.0558. The molecule has 1 aliphatic rings. The van der Waals surface area contributed by atoms with Gasteiger partial charge >= 0.3 is 0 Å². The van der Waals surface area contributed by atoms with Crippen LogP contribution >= 0.6 is 0 Å². The molecule has 1 aromatic rings. The van der Waals surface area contributed by atoms with Gasteiger partial charge in [0.2, 0.25) is 0 Å². The number of hydrogen-bond donors (Lipinski definition) is 2. The maximum Gasteiger partial charge on any atom is 0.110 e. The third-order valence-electron chi connectivity index (χ3n) is 5.11. The predicted octanol–water partition coefficient (Wildman–Crippen LogP) is 1.93. The van der Waals surface area contributed by atoms with Crippen molar-refractivity contribution in [1.82, 2.24) is 19.9 Å². The van der Waals surface area contributed by atoms with Crippen molar-refractivity contribution in [3.63, 3.8) is 0 Å². The van der Waals surface area contributed by atoms with Crippen LogP contribution in [0.15, 0.2) is 12.4 Å². The summed E-state index contributed by atoms with van der Waals surface area (Å²) in [5, 5.41) is 0. The zero-order valence-corrected chi connectivity index (χ0v) is 13.8. The fourth-order valence-corrected chi connectivity index (χ4v) is 3.83. The van der Waals surface area contributed by atoms with Crippen LogP contribution in [0.25, 0.3) is 0 Å². The second-order valence-electron chi connectivity index (χ2n) is 6.52. The van der Waals surface area contributed by atoms with Crippen molar-refractivity contribution in [3.05, 3.63) is 18.2 Å². The summed E-state index contributed by atoms with van der Waals surface area (Å²) in [6.45, 7) is 3.23. The van der Waals surface area contributed by atoms with Crippen molar-refractivity contribution in [2.24, 2.45) is 5.84 Å². The number of nitrogens with zero attached hydrogens (tertiary/aromatic N) is 3. The molecule has 0 aromatic carbocycles. The quantitative estimate of drug-likeness (QED) is 0.596. The maximum absolute atomic E-state index is 5.95. The Balaban J connectivity index is 2.18. The number of rotatable bonds is 7. The van der Waals surface area contributed by atoms with Crippen molar-refractivity contribution in [1.29, 1.82) is 0 Å². The number of aryl methyl sites for hydroxylation is 1. The summed E-state index contributed by atoms with van der Waals surface area (Å²) in [4.78, 5) is 6.94. The first-order chi connectivity index (χ1) is 10.1. The highest BCUT2D eigenvalue weighted by molar-refractivity contribution is 5.06. The topological polar surface area (TPSA) is 59.1 Å². The average Bonchev–Trinajstić information content (AvgIpc) is 2.93.